The van der Waals surface area contributed by atoms with Gasteiger partial charge in [-0.1, -0.05) is 0 Å². The molecule has 0 radical (unpaired) electrons. The molecule has 2 rings (SSSR count). The monoisotopic (exact) mass is 311 g/mol. The van der Waals surface area contributed by atoms with Crippen LogP contribution in [0.15, 0.2) is 16.6 Å². The lowest BCUT2D eigenvalue weighted by molar-refractivity contribution is 0.337. The predicted molar refractivity (Wildman–Crippen MR) is 73.0 cm³/mol. The molecule has 0 spiro atoms. The number of anilines is 1. The maximum Gasteiger partial charge on any atom is 0.161 e. The molecule has 0 bridgehead atoms. The van der Waals surface area contributed by atoms with Crippen LogP contribution < -0.4 is 5.32 Å². The number of nitriles is 1. The molecule has 18 heavy (non-hydrogen) atoms. The van der Waals surface area contributed by atoms with E-state index in [1.54, 1.807) is 12.1 Å². The fourth-order valence-electron chi connectivity index (χ4n) is 1.84. The summed E-state index contributed by atoms with van der Waals surface area (Å²) >= 11 is 3.10. The van der Waals surface area contributed by atoms with E-state index < -0.39 is 5.82 Å². The number of halogens is 2. The van der Waals surface area contributed by atoms with E-state index in [-0.39, 0.29) is 4.47 Å². The average molecular weight is 312 g/mol. The molecule has 96 valence electrons. The molecular weight excluding hydrogens is 297 g/mol. The van der Waals surface area contributed by atoms with Crippen molar-refractivity contribution in [2.45, 2.75) is 18.9 Å². The van der Waals surface area contributed by atoms with Gasteiger partial charge >= 0.3 is 0 Å². The fraction of sp³-hybridized carbons (Fsp3) is 0.462. The van der Waals surface area contributed by atoms with Gasteiger partial charge in [0.15, 0.2) is 5.82 Å². The molecule has 1 aliphatic rings. The lowest BCUT2D eigenvalue weighted by Crippen LogP contribution is -2.27. The van der Waals surface area contributed by atoms with Crippen LogP contribution in [0.4, 0.5) is 10.1 Å². The van der Waals surface area contributed by atoms with Crippen molar-refractivity contribution < 1.29 is 4.39 Å². The van der Waals surface area contributed by atoms with Crippen molar-refractivity contribution in [2.75, 3.05) is 25.5 Å². The smallest absolute Gasteiger partial charge is 0.161 e. The maximum atomic E-state index is 13.9. The van der Waals surface area contributed by atoms with Crippen LogP contribution in [0.5, 0.6) is 0 Å². The van der Waals surface area contributed by atoms with Gasteiger partial charge < -0.3 is 10.2 Å². The third-order valence-electron chi connectivity index (χ3n) is 3.15. The first-order valence-electron chi connectivity index (χ1n) is 5.95. The number of benzene rings is 1. The Kier molecular flexibility index (Phi) is 4.20. The quantitative estimate of drug-likeness (QED) is 0.908. The summed E-state index contributed by atoms with van der Waals surface area (Å²) in [6.45, 7) is 1.59. The first kappa shape index (κ1) is 13.3. The van der Waals surface area contributed by atoms with E-state index in [9.17, 15) is 4.39 Å². The van der Waals surface area contributed by atoms with Crippen molar-refractivity contribution >= 4 is 21.6 Å². The van der Waals surface area contributed by atoms with Crippen LogP contribution in [0.25, 0.3) is 0 Å². The first-order valence-corrected chi connectivity index (χ1v) is 6.75. The molecule has 1 N–H and O–H groups in total. The minimum atomic E-state index is -0.400. The molecule has 5 heteroatoms. The van der Waals surface area contributed by atoms with Crippen molar-refractivity contribution in [3.63, 3.8) is 0 Å². The summed E-state index contributed by atoms with van der Waals surface area (Å²) in [5, 5.41) is 11.8. The second-order valence-corrected chi connectivity index (χ2v) is 5.33. The van der Waals surface area contributed by atoms with Gasteiger partial charge in [0.25, 0.3) is 0 Å². The molecule has 3 nitrogen and oxygen atoms in total. The molecule has 1 fully saturated rings. The maximum absolute atomic E-state index is 13.9. The molecule has 1 saturated carbocycles. The molecule has 0 unspecified atom stereocenters. The first-order chi connectivity index (χ1) is 8.63. The molecule has 0 atom stereocenters. The van der Waals surface area contributed by atoms with E-state index in [2.05, 4.69) is 33.2 Å². The Morgan fingerprint density at radius 1 is 1.56 bits per heavy atom. The zero-order valence-corrected chi connectivity index (χ0v) is 11.8. The zero-order chi connectivity index (χ0) is 13.1. The molecule has 0 amide bonds. The summed E-state index contributed by atoms with van der Waals surface area (Å²) in [7, 11) is 2.09. The minimum Gasteiger partial charge on any atom is -0.381 e. The number of likely N-dealkylation sites (N-methyl/N-ethyl adjacent to an activating group) is 1. The Morgan fingerprint density at radius 3 is 2.89 bits per heavy atom. The van der Waals surface area contributed by atoms with Crippen molar-refractivity contribution in [1.29, 1.82) is 5.26 Å². The molecule has 0 heterocycles. The lowest BCUT2D eigenvalue weighted by Gasteiger charge is -2.16. The van der Waals surface area contributed by atoms with Gasteiger partial charge in [-0.15, -0.1) is 0 Å². The van der Waals surface area contributed by atoms with Crippen LogP contribution in [0, 0.1) is 17.1 Å². The predicted octanol–water partition coefficient (Wildman–Crippen LogP) is 2.97. The van der Waals surface area contributed by atoms with E-state index in [1.165, 1.54) is 12.8 Å². The van der Waals surface area contributed by atoms with E-state index in [0.29, 0.717) is 23.8 Å². The van der Waals surface area contributed by atoms with Gasteiger partial charge in [0, 0.05) is 19.1 Å². The van der Waals surface area contributed by atoms with Gasteiger partial charge in [-0.2, -0.15) is 5.26 Å². The standard InChI is InChI=1S/C13H15BrFN3/c1-18(10-3-4-10)7-6-17-11-5-2-9(8-16)12(14)13(11)15/h2,5,10,17H,3-4,6-7H2,1H3. The lowest BCUT2D eigenvalue weighted by atomic mass is 10.2. The van der Waals surface area contributed by atoms with Crippen molar-refractivity contribution in [3.8, 4) is 6.07 Å². The number of rotatable bonds is 5. The molecule has 0 aliphatic heterocycles. The normalized spacial score (nSPS) is 14.6. The van der Waals surface area contributed by atoms with Crippen molar-refractivity contribution in [2.24, 2.45) is 0 Å². The second-order valence-electron chi connectivity index (χ2n) is 4.54. The number of hydrogen-bond donors (Lipinski definition) is 1. The zero-order valence-electron chi connectivity index (χ0n) is 10.2. The van der Waals surface area contributed by atoms with Gasteiger partial charge in [0.2, 0.25) is 0 Å². The summed E-state index contributed by atoms with van der Waals surface area (Å²) in [5.74, 6) is -0.400. The van der Waals surface area contributed by atoms with Crippen LogP contribution in [0.3, 0.4) is 0 Å². The molecular formula is C13H15BrFN3. The second kappa shape index (κ2) is 5.68. The average Bonchev–Trinajstić information content (AvgIpc) is 3.19. The highest BCUT2D eigenvalue weighted by molar-refractivity contribution is 9.10. The highest BCUT2D eigenvalue weighted by atomic mass is 79.9. The van der Waals surface area contributed by atoms with Gasteiger partial charge in [0.05, 0.1) is 15.7 Å². The summed E-state index contributed by atoms with van der Waals surface area (Å²) in [6, 6.07) is 5.87. The summed E-state index contributed by atoms with van der Waals surface area (Å²) < 4.78 is 14.1. The fourth-order valence-corrected chi connectivity index (χ4v) is 2.27. The van der Waals surface area contributed by atoms with Gasteiger partial charge in [-0.25, -0.2) is 4.39 Å². The van der Waals surface area contributed by atoms with E-state index >= 15 is 0 Å². The number of nitrogens with zero attached hydrogens (tertiary/aromatic N) is 2. The topological polar surface area (TPSA) is 39.1 Å². The van der Waals surface area contributed by atoms with Gasteiger partial charge in [-0.3, -0.25) is 0 Å². The third-order valence-corrected chi connectivity index (χ3v) is 3.93. The highest BCUT2D eigenvalue weighted by Gasteiger charge is 2.25. The molecule has 0 aromatic heterocycles. The highest BCUT2D eigenvalue weighted by Crippen LogP contribution is 2.27. The van der Waals surface area contributed by atoms with Crippen molar-refractivity contribution in [3.05, 3.63) is 28.0 Å². The summed E-state index contributed by atoms with van der Waals surface area (Å²) in [6.07, 6.45) is 2.54. The van der Waals surface area contributed by atoms with E-state index in [4.69, 9.17) is 5.26 Å². The number of hydrogen-bond acceptors (Lipinski definition) is 3. The molecule has 1 aliphatic carbocycles. The van der Waals surface area contributed by atoms with E-state index in [1.807, 2.05) is 6.07 Å². The van der Waals surface area contributed by atoms with Gasteiger partial charge in [-0.05, 0) is 48.0 Å². The van der Waals surface area contributed by atoms with E-state index in [0.717, 1.165) is 6.54 Å². The number of nitrogens with one attached hydrogen (secondary N) is 1. The largest absolute Gasteiger partial charge is 0.381 e. The Labute approximate surface area is 115 Å². The van der Waals surface area contributed by atoms with Crippen molar-refractivity contribution in [1.82, 2.24) is 4.90 Å². The summed E-state index contributed by atoms with van der Waals surface area (Å²) in [4.78, 5) is 2.28. The summed E-state index contributed by atoms with van der Waals surface area (Å²) in [5.41, 5.74) is 0.748. The minimum absolute atomic E-state index is 0.227. The molecule has 1 aromatic carbocycles. The van der Waals surface area contributed by atoms with Crippen LogP contribution in [-0.2, 0) is 0 Å². The SMILES string of the molecule is CN(CCNc1ccc(C#N)c(Br)c1F)C1CC1. The Bertz CT molecular complexity index is 480. The Morgan fingerprint density at radius 2 is 2.28 bits per heavy atom. The molecule has 0 saturated heterocycles. The Hall–Kier alpha value is -1.12. The third kappa shape index (κ3) is 3.01. The molecule has 1 aromatic rings. The van der Waals surface area contributed by atoms with Gasteiger partial charge in [0.1, 0.15) is 6.07 Å². The van der Waals surface area contributed by atoms with Crippen LogP contribution in [-0.4, -0.2) is 31.1 Å². The van der Waals surface area contributed by atoms with Crippen LogP contribution in [0.2, 0.25) is 0 Å². The van der Waals surface area contributed by atoms with Crippen LogP contribution >= 0.6 is 15.9 Å². The Balaban J connectivity index is 1.93. The van der Waals surface area contributed by atoms with Crippen LogP contribution in [0.1, 0.15) is 18.4 Å².